The molecule has 1 fully saturated rings. The lowest BCUT2D eigenvalue weighted by Crippen LogP contribution is -2.52. The van der Waals surface area contributed by atoms with Crippen LogP contribution in [0.15, 0.2) is 36.5 Å². The van der Waals surface area contributed by atoms with Gasteiger partial charge in [-0.05, 0) is 43.2 Å². The highest BCUT2D eigenvalue weighted by molar-refractivity contribution is 6.01. The summed E-state index contributed by atoms with van der Waals surface area (Å²) in [5.41, 5.74) is 2.80. The molecule has 2 aliphatic rings. The first-order valence-electron chi connectivity index (χ1n) is 9.02. The molecule has 26 heavy (non-hydrogen) atoms. The molecule has 0 bridgehead atoms. The second-order valence-corrected chi connectivity index (χ2v) is 7.28. The Balaban J connectivity index is 1.53. The highest BCUT2D eigenvalue weighted by atomic mass is 16.5. The number of fused-ring (bicyclic) bond motifs is 1. The smallest absolute Gasteiger partial charge is 0.272 e. The van der Waals surface area contributed by atoms with Crippen LogP contribution < -0.4 is 4.74 Å². The van der Waals surface area contributed by atoms with E-state index in [1.807, 2.05) is 32.0 Å². The van der Waals surface area contributed by atoms with E-state index >= 15 is 0 Å². The van der Waals surface area contributed by atoms with Crippen LogP contribution in [0, 0.1) is 13.8 Å². The summed E-state index contributed by atoms with van der Waals surface area (Å²) in [5.74, 6) is 0.805. The molecule has 1 aromatic carbocycles. The van der Waals surface area contributed by atoms with E-state index in [-0.39, 0.29) is 11.7 Å². The molecule has 0 aliphatic carbocycles. The summed E-state index contributed by atoms with van der Waals surface area (Å²) in [6, 6.07) is 9.19. The van der Waals surface area contributed by atoms with Crippen LogP contribution >= 0.6 is 0 Å². The predicted octanol–water partition coefficient (Wildman–Crippen LogP) is 3.34. The minimum Gasteiger partial charge on any atom is -0.486 e. The Hall–Kier alpha value is -2.69. The van der Waals surface area contributed by atoms with E-state index in [0.717, 1.165) is 16.9 Å². The fraction of sp³-hybridized carbons (Fsp3) is 0.381. The number of likely N-dealkylation sites (tertiary alicyclic amines) is 1. The van der Waals surface area contributed by atoms with Crippen LogP contribution in [0.4, 0.5) is 0 Å². The maximum atomic E-state index is 12.7. The first kappa shape index (κ1) is 16.8. The number of hydrogen-bond acceptors (Lipinski definition) is 4. The Kier molecular flexibility index (Phi) is 4.02. The largest absolute Gasteiger partial charge is 0.486 e. The van der Waals surface area contributed by atoms with Crippen molar-refractivity contribution in [2.24, 2.45) is 0 Å². The fourth-order valence-corrected chi connectivity index (χ4v) is 3.83. The number of piperidine rings is 1. The molecule has 5 heteroatoms. The van der Waals surface area contributed by atoms with E-state index in [2.05, 4.69) is 4.98 Å². The molecule has 5 nitrogen and oxygen atoms in total. The van der Waals surface area contributed by atoms with Gasteiger partial charge in [0.05, 0.1) is 12.0 Å². The minimum atomic E-state index is -0.496. The summed E-state index contributed by atoms with van der Waals surface area (Å²) in [5, 5.41) is 0. The Morgan fingerprint density at radius 1 is 1.15 bits per heavy atom. The average molecular weight is 350 g/mol. The van der Waals surface area contributed by atoms with Gasteiger partial charge in [-0.25, -0.2) is 0 Å². The zero-order chi connectivity index (χ0) is 18.3. The van der Waals surface area contributed by atoms with Crippen LogP contribution in [-0.2, 0) is 0 Å². The van der Waals surface area contributed by atoms with Gasteiger partial charge in [0.15, 0.2) is 5.78 Å². The van der Waals surface area contributed by atoms with Crippen molar-refractivity contribution in [1.29, 1.82) is 0 Å². The molecule has 2 aromatic rings. The summed E-state index contributed by atoms with van der Waals surface area (Å²) < 4.78 is 6.40. The van der Waals surface area contributed by atoms with Gasteiger partial charge in [-0.1, -0.05) is 12.1 Å². The molecule has 2 aliphatic heterocycles. The van der Waals surface area contributed by atoms with Crippen molar-refractivity contribution in [2.75, 3.05) is 13.1 Å². The zero-order valence-electron chi connectivity index (χ0n) is 15.1. The number of nitrogens with zero attached hydrogens (tertiary/aromatic N) is 2. The fourth-order valence-electron chi connectivity index (χ4n) is 3.83. The molecule has 3 heterocycles. The van der Waals surface area contributed by atoms with E-state index < -0.39 is 5.60 Å². The maximum Gasteiger partial charge on any atom is 0.272 e. The van der Waals surface area contributed by atoms with Gasteiger partial charge in [0.25, 0.3) is 5.91 Å². The number of benzene rings is 1. The maximum absolute atomic E-state index is 12.7. The van der Waals surface area contributed by atoms with Crippen molar-refractivity contribution in [3.8, 4) is 5.75 Å². The highest BCUT2D eigenvalue weighted by Crippen LogP contribution is 2.41. The Morgan fingerprint density at radius 2 is 1.92 bits per heavy atom. The summed E-state index contributed by atoms with van der Waals surface area (Å²) in [6.45, 7) is 5.17. The number of Topliss-reactive ketones (excluding diaryl/α,β-unsaturated/α-hetero) is 1. The Bertz CT molecular complexity index is 868. The van der Waals surface area contributed by atoms with Gasteiger partial charge in [-0.15, -0.1) is 0 Å². The minimum absolute atomic E-state index is 0.0602. The van der Waals surface area contributed by atoms with Crippen LogP contribution in [0.5, 0.6) is 5.75 Å². The van der Waals surface area contributed by atoms with Crippen molar-refractivity contribution < 1.29 is 14.3 Å². The van der Waals surface area contributed by atoms with Gasteiger partial charge in [0.1, 0.15) is 17.0 Å². The monoisotopic (exact) mass is 350 g/mol. The van der Waals surface area contributed by atoms with Crippen LogP contribution in [0.25, 0.3) is 0 Å². The van der Waals surface area contributed by atoms with E-state index in [9.17, 15) is 9.59 Å². The number of carbonyl (C=O) groups excluding carboxylic acids is 2. The number of pyridine rings is 1. The number of aromatic nitrogens is 1. The second-order valence-electron chi connectivity index (χ2n) is 7.28. The first-order valence-corrected chi connectivity index (χ1v) is 9.02. The van der Waals surface area contributed by atoms with Crippen LogP contribution in [0.1, 0.15) is 51.2 Å². The quantitative estimate of drug-likeness (QED) is 0.791. The molecule has 0 saturated carbocycles. The van der Waals surface area contributed by atoms with Crippen LogP contribution in [0.2, 0.25) is 0 Å². The summed E-state index contributed by atoms with van der Waals surface area (Å²) >= 11 is 0. The van der Waals surface area contributed by atoms with Gasteiger partial charge >= 0.3 is 0 Å². The molecule has 1 amide bonds. The molecule has 4 rings (SSSR count). The lowest BCUT2D eigenvalue weighted by Gasteiger charge is -2.44. The predicted molar refractivity (Wildman–Crippen MR) is 97.6 cm³/mol. The third-order valence-corrected chi connectivity index (χ3v) is 5.62. The van der Waals surface area contributed by atoms with Crippen molar-refractivity contribution in [1.82, 2.24) is 9.88 Å². The number of amides is 1. The average Bonchev–Trinajstić information content (AvgIpc) is 2.66. The van der Waals surface area contributed by atoms with Crippen molar-refractivity contribution >= 4 is 11.7 Å². The van der Waals surface area contributed by atoms with Gasteiger partial charge in [0.2, 0.25) is 0 Å². The number of ketones is 1. The van der Waals surface area contributed by atoms with Gasteiger partial charge < -0.3 is 9.64 Å². The SMILES string of the molecule is Cc1ccc2c(c1C)OC1(CCN(C(=O)c3ccccn3)CC1)CC2=O. The van der Waals surface area contributed by atoms with E-state index in [1.165, 1.54) is 0 Å². The van der Waals surface area contributed by atoms with Gasteiger partial charge in [0, 0.05) is 32.1 Å². The van der Waals surface area contributed by atoms with E-state index in [1.54, 1.807) is 23.2 Å². The highest BCUT2D eigenvalue weighted by Gasteiger charge is 2.44. The van der Waals surface area contributed by atoms with Crippen LogP contribution in [0.3, 0.4) is 0 Å². The van der Waals surface area contributed by atoms with Gasteiger partial charge in [-0.2, -0.15) is 0 Å². The lowest BCUT2D eigenvalue weighted by molar-refractivity contribution is -0.00634. The molecular formula is C21H22N2O3. The first-order chi connectivity index (χ1) is 12.5. The zero-order valence-corrected chi connectivity index (χ0v) is 15.1. The lowest BCUT2D eigenvalue weighted by atomic mass is 9.81. The molecule has 1 saturated heterocycles. The summed E-state index contributed by atoms with van der Waals surface area (Å²) in [6.07, 6.45) is 3.33. The van der Waals surface area contributed by atoms with Crippen molar-refractivity contribution in [3.63, 3.8) is 0 Å². The van der Waals surface area contributed by atoms with Crippen LogP contribution in [-0.4, -0.2) is 40.3 Å². The summed E-state index contributed by atoms with van der Waals surface area (Å²) in [7, 11) is 0. The summed E-state index contributed by atoms with van der Waals surface area (Å²) in [4.78, 5) is 31.2. The molecule has 134 valence electrons. The van der Waals surface area contributed by atoms with E-state index in [4.69, 9.17) is 4.74 Å². The molecular weight excluding hydrogens is 328 g/mol. The molecule has 1 spiro atoms. The molecule has 0 N–H and O–H groups in total. The third kappa shape index (κ3) is 2.77. The topological polar surface area (TPSA) is 59.5 Å². The van der Waals surface area contributed by atoms with Crippen molar-refractivity contribution in [2.45, 2.75) is 38.7 Å². The Labute approximate surface area is 153 Å². The van der Waals surface area contributed by atoms with Gasteiger partial charge in [-0.3, -0.25) is 14.6 Å². The second kappa shape index (κ2) is 6.24. The number of aryl methyl sites for hydroxylation is 1. The van der Waals surface area contributed by atoms with Crippen molar-refractivity contribution in [3.05, 3.63) is 58.9 Å². The number of carbonyl (C=O) groups is 2. The molecule has 0 atom stereocenters. The standard InChI is InChI=1S/C21H22N2O3/c1-14-6-7-16-18(24)13-21(26-19(16)15(14)2)8-11-23(12-9-21)20(25)17-5-3-4-10-22-17/h3-7,10H,8-9,11-13H2,1-2H3. The number of rotatable bonds is 1. The molecule has 0 radical (unpaired) electrons. The number of ether oxygens (including phenoxy) is 1. The van der Waals surface area contributed by atoms with E-state index in [0.29, 0.717) is 43.6 Å². The normalized spacial score (nSPS) is 18.4. The number of hydrogen-bond donors (Lipinski definition) is 0. The Morgan fingerprint density at radius 3 is 2.62 bits per heavy atom. The molecule has 1 aromatic heterocycles. The third-order valence-electron chi connectivity index (χ3n) is 5.62. The molecule has 0 unspecified atom stereocenters.